The number of sulfonamides is 1. The van der Waals surface area contributed by atoms with Gasteiger partial charge in [-0.1, -0.05) is 41.7 Å². The molecule has 0 unspecified atom stereocenters. The van der Waals surface area contributed by atoms with E-state index in [1.165, 1.54) is 12.1 Å². The molecule has 1 aliphatic heterocycles. The van der Waals surface area contributed by atoms with Crippen molar-refractivity contribution in [1.29, 1.82) is 0 Å². The van der Waals surface area contributed by atoms with Crippen molar-refractivity contribution in [2.24, 2.45) is 5.41 Å². The van der Waals surface area contributed by atoms with Crippen LogP contribution in [-0.4, -0.2) is 25.7 Å². The number of benzene rings is 1. The molecule has 3 rings (SSSR count). The first-order valence-electron chi connectivity index (χ1n) is 8.85. The Bertz CT molecular complexity index is 778. The molecule has 0 bridgehead atoms. The van der Waals surface area contributed by atoms with Gasteiger partial charge in [0.05, 0.1) is 10.6 Å². The molecule has 0 N–H and O–H groups in total. The Morgan fingerprint density at radius 3 is 2.27 bits per heavy atom. The summed E-state index contributed by atoms with van der Waals surface area (Å²) in [6, 6.07) is 6.51. The minimum absolute atomic E-state index is 0.0850. The molecule has 0 radical (unpaired) electrons. The summed E-state index contributed by atoms with van der Waals surface area (Å²) in [7, 11) is -8.05. The van der Waals surface area contributed by atoms with E-state index < -0.39 is 18.1 Å². The molecule has 1 fully saturated rings. The van der Waals surface area contributed by atoms with E-state index in [1.807, 2.05) is 26.8 Å². The Balaban J connectivity index is 2.04. The second kappa shape index (κ2) is 7.21. The molecule has 8 heteroatoms. The lowest BCUT2D eigenvalue weighted by Crippen LogP contribution is -2.44. The molecule has 0 spiro atoms. The molecule has 1 heterocycles. The van der Waals surface area contributed by atoms with Crippen molar-refractivity contribution in [3.8, 4) is 0 Å². The van der Waals surface area contributed by atoms with Crippen molar-refractivity contribution in [1.82, 2.24) is 4.08 Å². The standard InChI is InChI=1S/C18H26NO5PS/c1-15-9-11-17(12-10-15)26(21,22)19(16-7-5-4-6-8-16)25(20)23-13-18(2,3)14-24-25/h7,9-12H,4-6,8,13-14H2,1-3H3. The van der Waals surface area contributed by atoms with E-state index in [9.17, 15) is 13.3 Å². The van der Waals surface area contributed by atoms with E-state index in [4.69, 9.17) is 9.05 Å². The van der Waals surface area contributed by atoms with Crippen molar-refractivity contribution in [3.63, 3.8) is 0 Å². The van der Waals surface area contributed by atoms with Crippen molar-refractivity contribution >= 4 is 18.1 Å². The van der Waals surface area contributed by atoms with Gasteiger partial charge in [-0.15, -0.1) is 0 Å². The maximum Gasteiger partial charge on any atom is 0.352 e. The quantitative estimate of drug-likeness (QED) is 0.724. The molecular weight excluding hydrogens is 373 g/mol. The fourth-order valence-electron chi connectivity index (χ4n) is 2.94. The molecule has 1 aromatic carbocycles. The minimum atomic E-state index is -4.06. The highest BCUT2D eigenvalue weighted by molar-refractivity contribution is 7.95. The van der Waals surface area contributed by atoms with Crippen LogP contribution in [0.4, 0.5) is 0 Å². The highest BCUT2D eigenvalue weighted by Gasteiger charge is 2.53. The van der Waals surface area contributed by atoms with Crippen LogP contribution in [0, 0.1) is 12.3 Å². The van der Waals surface area contributed by atoms with E-state index in [0.717, 1.165) is 28.9 Å². The molecule has 1 aliphatic carbocycles. The SMILES string of the molecule is Cc1ccc(S(=O)(=O)N(C2=CCCCC2)[P+]2([O-])OCC(C)(C)CO2)cc1. The summed E-state index contributed by atoms with van der Waals surface area (Å²) in [4.78, 5) is 13.6. The average molecular weight is 399 g/mol. The fourth-order valence-corrected chi connectivity index (χ4v) is 7.52. The number of aryl methyl sites for hydroxylation is 1. The van der Waals surface area contributed by atoms with Crippen LogP contribution in [0.15, 0.2) is 40.9 Å². The molecular formula is C18H26NO5PS. The lowest BCUT2D eigenvalue weighted by Gasteiger charge is -2.43. The first kappa shape index (κ1) is 19.8. The van der Waals surface area contributed by atoms with Crippen LogP contribution in [0.25, 0.3) is 0 Å². The Labute approximate surface area is 156 Å². The normalized spacial score (nSPS) is 22.5. The van der Waals surface area contributed by atoms with Crippen LogP contribution >= 0.6 is 8.09 Å². The summed E-state index contributed by atoms with van der Waals surface area (Å²) < 4.78 is 38.8. The molecule has 0 amide bonds. The molecule has 144 valence electrons. The minimum Gasteiger partial charge on any atom is -0.611 e. The summed E-state index contributed by atoms with van der Waals surface area (Å²) in [5.41, 5.74) is 1.14. The molecule has 1 aromatic rings. The third kappa shape index (κ3) is 3.97. The summed E-state index contributed by atoms with van der Waals surface area (Å²) in [6.07, 6.45) is 4.95. The zero-order valence-electron chi connectivity index (χ0n) is 15.5. The monoisotopic (exact) mass is 399 g/mol. The number of allylic oxidation sites excluding steroid dienone is 2. The molecule has 0 saturated carbocycles. The summed E-state index contributed by atoms with van der Waals surface area (Å²) in [6.45, 7) is 6.09. The van der Waals surface area contributed by atoms with Crippen molar-refractivity contribution in [2.45, 2.75) is 51.3 Å². The molecule has 0 atom stereocenters. The van der Waals surface area contributed by atoms with E-state index >= 15 is 0 Å². The molecule has 2 aliphatic rings. The predicted molar refractivity (Wildman–Crippen MR) is 99.4 cm³/mol. The Morgan fingerprint density at radius 1 is 1.12 bits per heavy atom. The summed E-state index contributed by atoms with van der Waals surface area (Å²) in [5.74, 6) is 0. The highest BCUT2D eigenvalue weighted by Crippen LogP contribution is 2.64. The largest absolute Gasteiger partial charge is 0.611 e. The smallest absolute Gasteiger partial charge is 0.352 e. The van der Waals surface area contributed by atoms with Gasteiger partial charge in [-0.25, -0.2) is 0 Å². The van der Waals surface area contributed by atoms with Gasteiger partial charge in [0.15, 0.2) is 0 Å². The first-order valence-corrected chi connectivity index (χ1v) is 11.8. The predicted octanol–water partition coefficient (Wildman–Crippen LogP) is 3.55. The molecule has 26 heavy (non-hydrogen) atoms. The van der Waals surface area contributed by atoms with E-state index in [-0.39, 0.29) is 23.5 Å². The first-order chi connectivity index (χ1) is 12.1. The van der Waals surface area contributed by atoms with Gasteiger partial charge in [-0.2, -0.15) is 17.5 Å². The molecule has 1 saturated heterocycles. The van der Waals surface area contributed by atoms with E-state index in [0.29, 0.717) is 12.1 Å². The number of hydrogen-bond donors (Lipinski definition) is 0. The topological polar surface area (TPSA) is 78.9 Å². The fraction of sp³-hybridized carbons (Fsp3) is 0.556. The summed E-state index contributed by atoms with van der Waals surface area (Å²) >= 11 is 0. The van der Waals surface area contributed by atoms with Gasteiger partial charge in [-0.05, 0) is 44.7 Å². The molecule has 0 aromatic heterocycles. The van der Waals surface area contributed by atoms with Crippen LogP contribution in [0.3, 0.4) is 0 Å². The molecule has 6 nitrogen and oxygen atoms in total. The van der Waals surface area contributed by atoms with Gasteiger partial charge in [-0.3, -0.25) is 0 Å². The van der Waals surface area contributed by atoms with Crippen LogP contribution in [0.2, 0.25) is 0 Å². The number of rotatable bonds is 4. The second-order valence-corrected chi connectivity index (χ2v) is 11.6. The van der Waals surface area contributed by atoms with Gasteiger partial charge < -0.3 is 4.89 Å². The van der Waals surface area contributed by atoms with Crippen molar-refractivity contribution in [3.05, 3.63) is 41.6 Å². The lowest BCUT2D eigenvalue weighted by molar-refractivity contribution is -0.243. The van der Waals surface area contributed by atoms with Crippen molar-refractivity contribution in [2.75, 3.05) is 13.2 Å². The zero-order valence-corrected chi connectivity index (χ0v) is 17.2. The maximum absolute atomic E-state index is 13.5. The number of nitrogens with zero attached hydrogens (tertiary/aromatic N) is 1. The van der Waals surface area contributed by atoms with Gasteiger partial charge in [0, 0.05) is 5.41 Å². The highest BCUT2D eigenvalue weighted by atomic mass is 32.2. The third-order valence-electron chi connectivity index (χ3n) is 4.52. The van der Waals surface area contributed by atoms with Crippen LogP contribution in [0.5, 0.6) is 0 Å². The Kier molecular flexibility index (Phi) is 5.48. The van der Waals surface area contributed by atoms with Crippen LogP contribution < -0.4 is 4.89 Å². The van der Waals surface area contributed by atoms with Crippen LogP contribution in [0.1, 0.15) is 45.1 Å². The lowest BCUT2D eigenvalue weighted by atomic mass is 9.97. The third-order valence-corrected chi connectivity index (χ3v) is 8.93. The van der Waals surface area contributed by atoms with Gasteiger partial charge in [0.2, 0.25) is 0 Å². The van der Waals surface area contributed by atoms with E-state index in [2.05, 4.69) is 0 Å². The van der Waals surface area contributed by atoms with E-state index in [1.54, 1.807) is 12.1 Å². The Morgan fingerprint density at radius 2 is 1.73 bits per heavy atom. The number of hydrogen-bond acceptors (Lipinski definition) is 5. The van der Waals surface area contributed by atoms with Gasteiger partial charge >= 0.3 is 8.09 Å². The summed E-state index contributed by atoms with van der Waals surface area (Å²) in [5, 5.41) is 0. The average Bonchev–Trinajstić information content (AvgIpc) is 2.59. The van der Waals surface area contributed by atoms with Crippen molar-refractivity contribution < 1.29 is 22.4 Å². The van der Waals surface area contributed by atoms with Gasteiger partial charge in [0.1, 0.15) is 13.2 Å². The zero-order chi connectivity index (χ0) is 19.0. The Hall–Kier alpha value is -0.980. The maximum atomic E-state index is 13.5. The van der Waals surface area contributed by atoms with Crippen LogP contribution in [-0.2, 0) is 19.1 Å². The van der Waals surface area contributed by atoms with Gasteiger partial charge in [0.25, 0.3) is 10.0 Å². The second-order valence-electron chi connectivity index (χ2n) is 7.68.